The van der Waals surface area contributed by atoms with Gasteiger partial charge in [-0.1, -0.05) is 0 Å². The number of rotatable bonds is 16. The number of primary amides is 1. The lowest BCUT2D eigenvalue weighted by molar-refractivity contribution is 0.0997. The molecule has 0 aromatic heterocycles. The van der Waals surface area contributed by atoms with Gasteiger partial charge in [-0.3, -0.25) is 8.98 Å². The summed E-state index contributed by atoms with van der Waals surface area (Å²) in [4.78, 5) is 11.3. The molecular weight excluding hydrogens is 468 g/mol. The second-order valence-corrected chi connectivity index (χ2v) is 8.74. The Hall–Kier alpha value is -3.06. The number of amides is 1. The molecule has 1 amide bonds. The van der Waals surface area contributed by atoms with Gasteiger partial charge in [-0.05, 0) is 42.5 Å². The predicted molar refractivity (Wildman–Crippen MR) is 124 cm³/mol. The van der Waals surface area contributed by atoms with E-state index in [1.54, 1.807) is 31.4 Å². The van der Waals surface area contributed by atoms with Gasteiger partial charge >= 0.3 is 0 Å². The van der Waals surface area contributed by atoms with Gasteiger partial charge < -0.3 is 35.1 Å². The third-order valence-corrected chi connectivity index (χ3v) is 4.90. The Morgan fingerprint density at radius 2 is 1.62 bits per heavy atom. The molecule has 0 fully saturated rings. The number of benzene rings is 2. The maximum absolute atomic E-state index is 11.6. The van der Waals surface area contributed by atoms with Crippen LogP contribution in [-0.2, 0) is 19.0 Å². The highest BCUT2D eigenvalue weighted by Crippen LogP contribution is 2.22. The molecule has 0 saturated carbocycles. The molecule has 1 atom stereocenters. The zero-order chi connectivity index (χ0) is 25.0. The summed E-state index contributed by atoms with van der Waals surface area (Å²) in [5.74, 6) is 0.547. The van der Waals surface area contributed by atoms with E-state index in [4.69, 9.17) is 28.9 Å². The highest BCUT2D eigenvalue weighted by molar-refractivity contribution is 7.86. The highest BCUT2D eigenvalue weighted by atomic mass is 32.2. The Morgan fingerprint density at radius 1 is 1.00 bits per heavy atom. The fraction of sp³-hybridized carbons (Fsp3) is 0.409. The number of hydrogen-bond donors (Lipinski definition) is 3. The molecule has 11 nitrogen and oxygen atoms in total. The van der Waals surface area contributed by atoms with Gasteiger partial charge in [0.2, 0.25) is 0 Å². The number of ether oxygens (including phenoxy) is 4. The number of nitrogens with two attached hydrogens (primary N) is 1. The van der Waals surface area contributed by atoms with Gasteiger partial charge in [0.05, 0.1) is 18.4 Å². The molecular formula is C22H30N2O9S. The Balaban J connectivity index is 1.80. The van der Waals surface area contributed by atoms with Crippen LogP contribution in [0.5, 0.6) is 23.0 Å². The number of methoxy groups -OCH3 is 1. The van der Waals surface area contributed by atoms with Crippen molar-refractivity contribution >= 4 is 16.0 Å². The van der Waals surface area contributed by atoms with E-state index in [1.165, 1.54) is 18.2 Å². The molecule has 0 aliphatic carbocycles. The first kappa shape index (κ1) is 27.2. The number of phenols is 1. The van der Waals surface area contributed by atoms with Crippen LogP contribution in [0.25, 0.3) is 0 Å². The molecule has 1 unspecified atom stereocenters. The molecule has 0 heterocycles. The van der Waals surface area contributed by atoms with E-state index in [-0.39, 0.29) is 31.1 Å². The quantitative estimate of drug-likeness (QED) is 0.225. The monoisotopic (exact) mass is 498 g/mol. The number of hydrogen-bond acceptors (Lipinski definition) is 10. The van der Waals surface area contributed by atoms with Crippen molar-refractivity contribution in [3.05, 3.63) is 48.0 Å². The van der Waals surface area contributed by atoms with E-state index < -0.39 is 22.1 Å². The topological polar surface area (TPSA) is 156 Å². The smallest absolute Gasteiger partial charge is 0.264 e. The minimum absolute atomic E-state index is 0.00919. The third-order valence-electron chi connectivity index (χ3n) is 4.28. The van der Waals surface area contributed by atoms with Crippen LogP contribution in [0.2, 0.25) is 0 Å². The number of carbonyl (C=O) groups is 1. The molecule has 0 saturated heterocycles. The van der Waals surface area contributed by atoms with Crippen molar-refractivity contribution in [3.8, 4) is 23.0 Å². The van der Waals surface area contributed by atoms with Crippen molar-refractivity contribution < 1.29 is 41.4 Å². The lowest BCUT2D eigenvalue weighted by atomic mass is 10.2. The van der Waals surface area contributed by atoms with Crippen LogP contribution >= 0.6 is 0 Å². The molecule has 0 spiro atoms. The van der Waals surface area contributed by atoms with E-state index in [9.17, 15) is 18.3 Å². The summed E-state index contributed by atoms with van der Waals surface area (Å²) >= 11 is 0. The first-order chi connectivity index (χ1) is 16.2. The number of aromatic hydroxyl groups is 1. The van der Waals surface area contributed by atoms with Crippen LogP contribution in [0.1, 0.15) is 10.4 Å². The average Bonchev–Trinajstić information content (AvgIpc) is 2.78. The van der Waals surface area contributed by atoms with Crippen molar-refractivity contribution in [3.63, 3.8) is 0 Å². The fourth-order valence-corrected chi connectivity index (χ4v) is 3.36. The molecule has 2 aromatic rings. The third kappa shape index (κ3) is 10.3. The largest absolute Gasteiger partial charge is 0.507 e. The van der Waals surface area contributed by atoms with Crippen molar-refractivity contribution in [1.82, 2.24) is 5.32 Å². The van der Waals surface area contributed by atoms with Gasteiger partial charge in [0.25, 0.3) is 16.0 Å². The number of nitrogens with one attached hydrogen (secondary N) is 1. The molecule has 188 valence electrons. The SMILES string of the molecule is COCCOc1ccc(OCC(CNCCOc2ccc(O)c(C(N)=O)c2)OS(C)(=O)=O)cc1. The van der Waals surface area contributed by atoms with Crippen LogP contribution in [0, 0.1) is 0 Å². The highest BCUT2D eigenvalue weighted by Gasteiger charge is 2.17. The Morgan fingerprint density at radius 3 is 2.24 bits per heavy atom. The summed E-state index contributed by atoms with van der Waals surface area (Å²) in [5, 5.41) is 12.6. The maximum atomic E-state index is 11.6. The van der Waals surface area contributed by atoms with Crippen LogP contribution < -0.4 is 25.3 Å². The van der Waals surface area contributed by atoms with Crippen LogP contribution in [0.3, 0.4) is 0 Å². The molecule has 2 rings (SSSR count). The second-order valence-electron chi connectivity index (χ2n) is 7.14. The average molecular weight is 499 g/mol. The Labute approximate surface area is 198 Å². The summed E-state index contributed by atoms with van der Waals surface area (Å²) in [7, 11) is -2.11. The molecule has 0 bridgehead atoms. The van der Waals surface area contributed by atoms with Crippen LogP contribution in [0.4, 0.5) is 0 Å². The van der Waals surface area contributed by atoms with E-state index >= 15 is 0 Å². The Bertz CT molecular complexity index is 1010. The Kier molecular flexibility index (Phi) is 10.9. The summed E-state index contributed by atoms with van der Waals surface area (Å²) in [6, 6.07) is 11.0. The summed E-state index contributed by atoms with van der Waals surface area (Å²) in [5.41, 5.74) is 5.15. The normalized spacial score (nSPS) is 12.2. The van der Waals surface area contributed by atoms with Gasteiger partial charge in [0.1, 0.15) is 48.9 Å². The summed E-state index contributed by atoms with van der Waals surface area (Å²) in [6.45, 7) is 1.63. The van der Waals surface area contributed by atoms with Crippen LogP contribution in [0.15, 0.2) is 42.5 Å². The minimum Gasteiger partial charge on any atom is -0.507 e. The molecule has 0 radical (unpaired) electrons. The molecule has 12 heteroatoms. The second kappa shape index (κ2) is 13.6. The van der Waals surface area contributed by atoms with Crippen molar-refractivity contribution in [2.45, 2.75) is 6.10 Å². The fourth-order valence-electron chi connectivity index (χ4n) is 2.74. The van der Waals surface area contributed by atoms with Crippen molar-refractivity contribution in [2.24, 2.45) is 5.73 Å². The lowest BCUT2D eigenvalue weighted by Gasteiger charge is -2.18. The van der Waals surface area contributed by atoms with Gasteiger partial charge in [0.15, 0.2) is 0 Å². The van der Waals surface area contributed by atoms with Crippen LogP contribution in [-0.4, -0.2) is 78.4 Å². The van der Waals surface area contributed by atoms with E-state index in [0.29, 0.717) is 37.0 Å². The predicted octanol–water partition coefficient (Wildman–Crippen LogP) is 0.909. The van der Waals surface area contributed by atoms with E-state index in [0.717, 1.165) is 6.26 Å². The molecule has 0 aliphatic heterocycles. The van der Waals surface area contributed by atoms with E-state index in [1.807, 2.05) is 0 Å². The van der Waals surface area contributed by atoms with Gasteiger partial charge in [0, 0.05) is 20.2 Å². The van der Waals surface area contributed by atoms with Crippen molar-refractivity contribution in [1.29, 1.82) is 0 Å². The van der Waals surface area contributed by atoms with Gasteiger partial charge in [-0.25, -0.2) is 0 Å². The molecule has 0 aliphatic rings. The standard InChI is InChI=1S/C22H30N2O9S/c1-29-11-12-31-16-3-5-17(6-4-16)32-15-19(33-34(2,27)28)14-24-9-10-30-18-7-8-21(25)20(13-18)22(23)26/h3-8,13,19,24-25H,9-12,14-15H2,1-2H3,(H2,23,26). The number of carbonyl (C=O) groups excluding carboxylic acids is 1. The first-order valence-corrected chi connectivity index (χ1v) is 12.2. The minimum atomic E-state index is -3.70. The zero-order valence-electron chi connectivity index (χ0n) is 19.1. The van der Waals surface area contributed by atoms with Gasteiger partial charge in [-0.15, -0.1) is 0 Å². The molecule has 4 N–H and O–H groups in total. The van der Waals surface area contributed by atoms with Gasteiger partial charge in [-0.2, -0.15) is 8.42 Å². The van der Waals surface area contributed by atoms with E-state index in [2.05, 4.69) is 5.32 Å². The first-order valence-electron chi connectivity index (χ1n) is 10.4. The maximum Gasteiger partial charge on any atom is 0.264 e. The summed E-state index contributed by atoms with van der Waals surface area (Å²) in [6.07, 6.45) is 0.193. The lowest BCUT2D eigenvalue weighted by Crippen LogP contribution is -2.37. The van der Waals surface area contributed by atoms with Crippen molar-refractivity contribution in [2.75, 3.05) is 52.9 Å². The zero-order valence-corrected chi connectivity index (χ0v) is 19.9. The summed E-state index contributed by atoms with van der Waals surface area (Å²) < 4.78 is 49.9. The molecule has 2 aromatic carbocycles. The molecule has 34 heavy (non-hydrogen) atoms.